The van der Waals surface area contributed by atoms with Crippen LogP contribution in [0.15, 0.2) is 0 Å². The van der Waals surface area contributed by atoms with Crippen LogP contribution >= 0.6 is 0 Å². The van der Waals surface area contributed by atoms with E-state index in [9.17, 15) is 0 Å². The van der Waals surface area contributed by atoms with Crippen LogP contribution in [-0.2, 0) is 0 Å². The minimum absolute atomic E-state index is 0.751. The van der Waals surface area contributed by atoms with E-state index in [-0.39, 0.29) is 0 Å². The summed E-state index contributed by atoms with van der Waals surface area (Å²) in [6, 6.07) is 1.63. The molecule has 0 radical (unpaired) electrons. The Kier molecular flexibility index (Phi) is 4.69. The molecule has 0 aromatic carbocycles. The van der Waals surface area contributed by atoms with Crippen molar-refractivity contribution >= 4 is 0 Å². The van der Waals surface area contributed by atoms with Crippen molar-refractivity contribution in [2.75, 3.05) is 0 Å². The molecule has 2 aliphatic carbocycles. The van der Waals surface area contributed by atoms with Gasteiger partial charge < -0.3 is 5.32 Å². The van der Waals surface area contributed by atoms with Crippen LogP contribution in [0.3, 0.4) is 0 Å². The topological polar surface area (TPSA) is 12.0 Å². The van der Waals surface area contributed by atoms with E-state index in [2.05, 4.69) is 19.2 Å². The second-order valence-electron chi connectivity index (χ2n) is 6.20. The molecule has 2 rings (SSSR count). The van der Waals surface area contributed by atoms with Gasteiger partial charge in [0.05, 0.1) is 0 Å². The van der Waals surface area contributed by atoms with Crippen molar-refractivity contribution in [3.63, 3.8) is 0 Å². The molecule has 2 fully saturated rings. The van der Waals surface area contributed by atoms with Gasteiger partial charge in [0.15, 0.2) is 0 Å². The lowest BCUT2D eigenvalue weighted by Crippen LogP contribution is -2.39. The smallest absolute Gasteiger partial charge is 0.0100 e. The second kappa shape index (κ2) is 6.05. The molecular formula is C15H29N. The number of hydrogen-bond donors (Lipinski definition) is 1. The van der Waals surface area contributed by atoms with E-state index in [1.807, 2.05) is 0 Å². The van der Waals surface area contributed by atoms with Gasteiger partial charge in [-0.3, -0.25) is 0 Å². The van der Waals surface area contributed by atoms with Crippen LogP contribution in [0.4, 0.5) is 0 Å². The van der Waals surface area contributed by atoms with Gasteiger partial charge in [-0.15, -0.1) is 0 Å². The van der Waals surface area contributed by atoms with Gasteiger partial charge in [0.25, 0.3) is 0 Å². The van der Waals surface area contributed by atoms with E-state index in [0.29, 0.717) is 0 Å². The maximum Gasteiger partial charge on any atom is 0.0100 e. The van der Waals surface area contributed by atoms with Gasteiger partial charge in [0.1, 0.15) is 0 Å². The summed E-state index contributed by atoms with van der Waals surface area (Å²) in [5.41, 5.74) is 0. The third-order valence-corrected chi connectivity index (χ3v) is 4.73. The largest absolute Gasteiger partial charge is 0.311 e. The zero-order valence-corrected chi connectivity index (χ0v) is 11.2. The van der Waals surface area contributed by atoms with E-state index < -0.39 is 0 Å². The highest BCUT2D eigenvalue weighted by atomic mass is 15.0. The molecule has 0 amide bonds. The van der Waals surface area contributed by atoms with E-state index in [4.69, 9.17) is 0 Å². The fourth-order valence-electron chi connectivity index (χ4n) is 3.77. The standard InChI is InChI=1S/C15H29N/c1-3-4-5-6-7-12(2)16-15-11-13-8-9-14(15)10-13/h12-16H,3-11H2,1-2H3. The van der Waals surface area contributed by atoms with Crippen molar-refractivity contribution in [1.29, 1.82) is 0 Å². The first-order valence-electron chi connectivity index (χ1n) is 7.55. The van der Waals surface area contributed by atoms with Crippen molar-refractivity contribution in [3.05, 3.63) is 0 Å². The SMILES string of the molecule is CCCCCCC(C)NC1CC2CCC1C2. The maximum absolute atomic E-state index is 3.89. The van der Waals surface area contributed by atoms with Crippen LogP contribution in [0.25, 0.3) is 0 Å². The first-order chi connectivity index (χ1) is 7.79. The summed E-state index contributed by atoms with van der Waals surface area (Å²) >= 11 is 0. The molecule has 16 heavy (non-hydrogen) atoms. The summed E-state index contributed by atoms with van der Waals surface area (Å²) in [4.78, 5) is 0. The summed E-state index contributed by atoms with van der Waals surface area (Å²) in [6.07, 6.45) is 13.0. The molecule has 1 nitrogen and oxygen atoms in total. The average molecular weight is 223 g/mol. The summed E-state index contributed by atoms with van der Waals surface area (Å²) in [5.74, 6) is 2.11. The van der Waals surface area contributed by atoms with Gasteiger partial charge in [-0.1, -0.05) is 39.0 Å². The molecule has 0 aromatic heterocycles. The molecule has 1 N–H and O–H groups in total. The zero-order valence-electron chi connectivity index (χ0n) is 11.2. The molecule has 2 saturated carbocycles. The quantitative estimate of drug-likeness (QED) is 0.640. The molecule has 0 saturated heterocycles. The minimum Gasteiger partial charge on any atom is -0.311 e. The molecule has 2 bridgehead atoms. The van der Waals surface area contributed by atoms with Gasteiger partial charge in [-0.2, -0.15) is 0 Å². The lowest BCUT2D eigenvalue weighted by atomic mass is 9.94. The Balaban J connectivity index is 1.58. The zero-order chi connectivity index (χ0) is 11.4. The van der Waals surface area contributed by atoms with Crippen molar-refractivity contribution < 1.29 is 0 Å². The van der Waals surface area contributed by atoms with Crippen LogP contribution in [0.1, 0.15) is 71.6 Å². The van der Waals surface area contributed by atoms with Crippen molar-refractivity contribution in [2.24, 2.45) is 11.8 Å². The predicted octanol–water partition coefficient (Wildman–Crippen LogP) is 4.12. The molecule has 4 atom stereocenters. The third kappa shape index (κ3) is 3.23. The first-order valence-corrected chi connectivity index (χ1v) is 7.55. The van der Waals surface area contributed by atoms with Crippen LogP contribution in [0.5, 0.6) is 0 Å². The number of unbranched alkanes of at least 4 members (excludes halogenated alkanes) is 3. The number of fused-ring (bicyclic) bond motifs is 2. The molecule has 1 heteroatoms. The van der Waals surface area contributed by atoms with Crippen LogP contribution < -0.4 is 5.32 Å². The fraction of sp³-hybridized carbons (Fsp3) is 1.00. The Morgan fingerprint density at radius 2 is 2.00 bits per heavy atom. The molecule has 94 valence electrons. The molecule has 0 aliphatic heterocycles. The van der Waals surface area contributed by atoms with Gasteiger partial charge >= 0.3 is 0 Å². The Bertz CT molecular complexity index is 202. The van der Waals surface area contributed by atoms with Crippen molar-refractivity contribution in [3.8, 4) is 0 Å². The minimum atomic E-state index is 0.751. The van der Waals surface area contributed by atoms with Gasteiger partial charge in [-0.25, -0.2) is 0 Å². The average Bonchev–Trinajstić information content (AvgIpc) is 2.86. The van der Waals surface area contributed by atoms with E-state index in [1.165, 1.54) is 57.8 Å². The molecule has 0 heterocycles. The highest BCUT2D eigenvalue weighted by Crippen LogP contribution is 2.44. The molecular weight excluding hydrogens is 194 g/mol. The van der Waals surface area contributed by atoms with Gasteiger partial charge in [0, 0.05) is 12.1 Å². The van der Waals surface area contributed by atoms with E-state index >= 15 is 0 Å². The number of hydrogen-bond acceptors (Lipinski definition) is 1. The third-order valence-electron chi connectivity index (χ3n) is 4.73. The maximum atomic E-state index is 3.89. The molecule has 0 aromatic rings. The highest BCUT2D eigenvalue weighted by Gasteiger charge is 2.39. The molecule has 0 spiro atoms. The van der Waals surface area contributed by atoms with Crippen LogP contribution in [-0.4, -0.2) is 12.1 Å². The fourth-order valence-corrected chi connectivity index (χ4v) is 3.77. The summed E-state index contributed by atoms with van der Waals surface area (Å²) in [6.45, 7) is 4.68. The Morgan fingerprint density at radius 3 is 2.62 bits per heavy atom. The van der Waals surface area contributed by atoms with Crippen molar-refractivity contribution in [2.45, 2.75) is 83.7 Å². The number of rotatable bonds is 7. The molecule has 4 unspecified atom stereocenters. The predicted molar refractivity (Wildman–Crippen MR) is 70.6 cm³/mol. The van der Waals surface area contributed by atoms with Crippen LogP contribution in [0, 0.1) is 11.8 Å². The Hall–Kier alpha value is -0.0400. The Morgan fingerprint density at radius 1 is 1.12 bits per heavy atom. The monoisotopic (exact) mass is 223 g/mol. The first kappa shape index (κ1) is 12.4. The second-order valence-corrected chi connectivity index (χ2v) is 6.20. The summed E-state index contributed by atoms with van der Waals surface area (Å²) in [5, 5.41) is 3.89. The Labute approximate surface area is 101 Å². The highest BCUT2D eigenvalue weighted by molar-refractivity contribution is 4.94. The van der Waals surface area contributed by atoms with Gasteiger partial charge in [0.2, 0.25) is 0 Å². The van der Waals surface area contributed by atoms with Crippen molar-refractivity contribution in [1.82, 2.24) is 5.32 Å². The molecule has 2 aliphatic rings. The van der Waals surface area contributed by atoms with Crippen LogP contribution in [0.2, 0.25) is 0 Å². The normalized spacial score (nSPS) is 34.5. The summed E-state index contributed by atoms with van der Waals surface area (Å²) in [7, 11) is 0. The number of nitrogens with one attached hydrogen (secondary N) is 1. The lowest BCUT2D eigenvalue weighted by Gasteiger charge is -2.26. The van der Waals surface area contributed by atoms with E-state index in [1.54, 1.807) is 0 Å². The van der Waals surface area contributed by atoms with E-state index in [0.717, 1.165) is 23.9 Å². The lowest BCUT2D eigenvalue weighted by molar-refractivity contribution is 0.314. The summed E-state index contributed by atoms with van der Waals surface area (Å²) < 4.78 is 0. The van der Waals surface area contributed by atoms with Gasteiger partial charge in [-0.05, 0) is 44.4 Å².